The highest BCUT2D eigenvalue weighted by Crippen LogP contribution is 2.40. The van der Waals surface area contributed by atoms with Crippen LogP contribution in [0.25, 0.3) is 11.2 Å². The number of rotatable bonds is 12. The van der Waals surface area contributed by atoms with Crippen LogP contribution in [0.1, 0.15) is 73.1 Å². The van der Waals surface area contributed by atoms with Crippen LogP contribution in [0.15, 0.2) is 91.9 Å². The van der Waals surface area contributed by atoms with Crippen LogP contribution in [-0.2, 0) is 11.2 Å². The third-order valence-electron chi connectivity index (χ3n) is 11.0. The van der Waals surface area contributed by atoms with Gasteiger partial charge in [-0.15, -0.1) is 0 Å². The van der Waals surface area contributed by atoms with E-state index in [-0.39, 0.29) is 24.0 Å². The molecule has 322 valence electrons. The van der Waals surface area contributed by atoms with Crippen molar-refractivity contribution in [3.8, 4) is 0 Å². The summed E-state index contributed by atoms with van der Waals surface area (Å²) in [6.45, 7) is 5.62. The third-order valence-corrected chi connectivity index (χ3v) is 11.0. The normalized spacial score (nSPS) is 20.7. The zero-order valence-electron chi connectivity index (χ0n) is 33.3. The SMILES string of the molecule is CCc1cnn([C@H]2C[C@@H](n3cnc4c(NCC(c5ccccc5)c5ccccc5)nc(N5CC[C@@H](NC(=O)NC(C)c6c[nH]cn6)C5)nc43)[C@H](O)[C@@H]2O)c1.O=C(O)C(F)(F)F. The number of carbonyl (C=O) groups is 2. The molecule has 4 aromatic heterocycles. The van der Waals surface area contributed by atoms with Crippen molar-refractivity contribution < 1.29 is 38.1 Å². The fourth-order valence-corrected chi connectivity index (χ4v) is 7.74. The van der Waals surface area contributed by atoms with Crippen LogP contribution in [0.2, 0.25) is 0 Å². The summed E-state index contributed by atoms with van der Waals surface area (Å²) in [4.78, 5) is 46.0. The van der Waals surface area contributed by atoms with Crippen molar-refractivity contribution in [2.24, 2.45) is 0 Å². The Morgan fingerprint density at radius 3 is 2.26 bits per heavy atom. The molecule has 20 heteroatoms. The first-order valence-electron chi connectivity index (χ1n) is 19.9. The topological polar surface area (TPSA) is 224 Å². The summed E-state index contributed by atoms with van der Waals surface area (Å²) in [6, 6.07) is 19.2. The number of alkyl halides is 3. The van der Waals surface area contributed by atoms with E-state index in [2.05, 4.69) is 67.1 Å². The first-order chi connectivity index (χ1) is 29.3. The first-order valence-corrected chi connectivity index (χ1v) is 19.9. The molecule has 5 heterocycles. The number of aromatic nitrogens is 8. The molecule has 2 amide bonds. The lowest BCUT2D eigenvalue weighted by Crippen LogP contribution is -2.44. The number of urea groups is 1. The quantitative estimate of drug-likeness (QED) is 0.0888. The van der Waals surface area contributed by atoms with E-state index in [1.54, 1.807) is 29.7 Å². The number of aromatic amines is 1. The number of carbonyl (C=O) groups excluding carboxylic acids is 1. The number of aliphatic carboxylic acids is 1. The van der Waals surface area contributed by atoms with Gasteiger partial charge in [-0.25, -0.2) is 19.6 Å². The molecule has 1 aliphatic heterocycles. The molecule has 1 saturated heterocycles. The fourth-order valence-electron chi connectivity index (χ4n) is 7.74. The Morgan fingerprint density at radius 1 is 0.984 bits per heavy atom. The molecule has 7 N–H and O–H groups in total. The maximum Gasteiger partial charge on any atom is 0.490 e. The molecule has 0 radical (unpaired) electrons. The molecular formula is C41H47F3N12O5. The van der Waals surface area contributed by atoms with E-state index in [1.807, 2.05) is 54.1 Å². The van der Waals surface area contributed by atoms with Gasteiger partial charge in [0.1, 0.15) is 12.2 Å². The predicted molar refractivity (Wildman–Crippen MR) is 218 cm³/mol. The number of aryl methyl sites for hydroxylation is 1. The number of fused-ring (bicyclic) bond motifs is 1. The van der Waals surface area contributed by atoms with E-state index < -0.39 is 36.4 Å². The summed E-state index contributed by atoms with van der Waals surface area (Å²) in [5.74, 6) is -1.67. The molecule has 0 spiro atoms. The van der Waals surface area contributed by atoms with Crippen LogP contribution in [0.5, 0.6) is 0 Å². The molecule has 61 heavy (non-hydrogen) atoms. The highest BCUT2D eigenvalue weighted by molar-refractivity contribution is 5.85. The summed E-state index contributed by atoms with van der Waals surface area (Å²) >= 11 is 0. The second-order valence-corrected chi connectivity index (χ2v) is 15.1. The van der Waals surface area contributed by atoms with Crippen LogP contribution in [0, 0.1) is 0 Å². The van der Waals surface area contributed by atoms with E-state index in [0.717, 1.165) is 17.7 Å². The Balaban J connectivity index is 0.000000739. The second kappa shape index (κ2) is 18.4. The summed E-state index contributed by atoms with van der Waals surface area (Å²) in [6.07, 6.45) is 3.56. The average Bonchev–Trinajstić information content (AvgIpc) is 4.11. The minimum atomic E-state index is -5.08. The van der Waals surface area contributed by atoms with Crippen molar-refractivity contribution in [2.45, 2.75) is 81.6 Å². The van der Waals surface area contributed by atoms with Crippen molar-refractivity contribution in [3.05, 3.63) is 114 Å². The van der Waals surface area contributed by atoms with Gasteiger partial charge in [-0.05, 0) is 42.9 Å². The van der Waals surface area contributed by atoms with Crippen LogP contribution < -0.4 is 20.9 Å². The van der Waals surface area contributed by atoms with Gasteiger partial charge >= 0.3 is 18.2 Å². The van der Waals surface area contributed by atoms with Gasteiger partial charge in [0.05, 0.1) is 42.7 Å². The van der Waals surface area contributed by atoms with Crippen LogP contribution in [0.3, 0.4) is 0 Å². The molecule has 17 nitrogen and oxygen atoms in total. The Bertz CT molecular complexity index is 2340. The zero-order valence-corrected chi connectivity index (χ0v) is 33.3. The molecular weight excluding hydrogens is 798 g/mol. The molecule has 2 fully saturated rings. The lowest BCUT2D eigenvalue weighted by atomic mass is 9.91. The number of carboxylic acid groups (broad SMARTS) is 1. The number of hydrogen-bond donors (Lipinski definition) is 7. The first kappa shape index (κ1) is 42.6. The van der Waals surface area contributed by atoms with Gasteiger partial charge in [0.25, 0.3) is 0 Å². The predicted octanol–water partition coefficient (Wildman–Crippen LogP) is 4.73. The van der Waals surface area contributed by atoms with Crippen molar-refractivity contribution >= 4 is 34.9 Å². The molecule has 1 aliphatic carbocycles. The van der Waals surface area contributed by atoms with Gasteiger partial charge < -0.3 is 45.7 Å². The number of nitrogens with zero attached hydrogens (tertiary/aromatic N) is 8. The van der Waals surface area contributed by atoms with Crippen molar-refractivity contribution in [2.75, 3.05) is 29.9 Å². The number of amides is 2. The van der Waals surface area contributed by atoms with Crippen molar-refractivity contribution in [1.82, 2.24) is 49.9 Å². The summed E-state index contributed by atoms with van der Waals surface area (Å²) in [7, 11) is 0. The smallest absolute Gasteiger partial charge is 0.475 e. The Morgan fingerprint density at radius 2 is 1.66 bits per heavy atom. The van der Waals surface area contributed by atoms with Crippen LogP contribution >= 0.6 is 0 Å². The lowest BCUT2D eigenvalue weighted by molar-refractivity contribution is -0.192. The van der Waals surface area contributed by atoms with Crippen LogP contribution in [-0.4, -0.2) is 111 Å². The Hall–Kier alpha value is -6.54. The zero-order chi connectivity index (χ0) is 43.3. The highest BCUT2D eigenvalue weighted by atomic mass is 19.4. The summed E-state index contributed by atoms with van der Waals surface area (Å²) in [5.41, 5.74) is 5.26. The van der Waals surface area contributed by atoms with Gasteiger partial charge in [-0.1, -0.05) is 67.6 Å². The monoisotopic (exact) mass is 844 g/mol. The molecule has 6 atom stereocenters. The number of benzene rings is 2. The number of carboxylic acids is 1. The Labute approximate surface area is 348 Å². The van der Waals surface area contributed by atoms with E-state index in [0.29, 0.717) is 55.4 Å². The third kappa shape index (κ3) is 9.76. The number of imidazole rings is 2. The molecule has 1 unspecified atom stereocenters. The summed E-state index contributed by atoms with van der Waals surface area (Å²) < 4.78 is 35.4. The molecule has 8 rings (SSSR count). The van der Waals surface area contributed by atoms with Gasteiger partial charge in [0.15, 0.2) is 17.0 Å². The van der Waals surface area contributed by atoms with Gasteiger partial charge in [0, 0.05) is 44.0 Å². The lowest BCUT2D eigenvalue weighted by Gasteiger charge is -2.22. The average molecular weight is 845 g/mol. The number of nitrogens with one attached hydrogen (secondary N) is 4. The minimum absolute atomic E-state index is 0.0281. The van der Waals surface area contributed by atoms with E-state index in [9.17, 15) is 28.2 Å². The van der Waals surface area contributed by atoms with Gasteiger partial charge in [-0.3, -0.25) is 4.68 Å². The fraction of sp³-hybridized carbons (Fsp3) is 0.390. The number of aliphatic hydroxyl groups is 2. The molecule has 2 aromatic carbocycles. The molecule has 1 saturated carbocycles. The van der Waals surface area contributed by atoms with Crippen LogP contribution in [0.4, 0.5) is 29.7 Å². The van der Waals surface area contributed by atoms with E-state index >= 15 is 0 Å². The van der Waals surface area contributed by atoms with E-state index in [4.69, 9.17) is 24.9 Å². The second-order valence-electron chi connectivity index (χ2n) is 15.1. The number of anilines is 2. The van der Waals surface area contributed by atoms with Crippen molar-refractivity contribution in [3.63, 3.8) is 0 Å². The number of hydrogen-bond acceptors (Lipinski definition) is 11. The van der Waals surface area contributed by atoms with Crippen molar-refractivity contribution in [1.29, 1.82) is 0 Å². The molecule has 2 aliphatic rings. The van der Waals surface area contributed by atoms with Gasteiger partial charge in [-0.2, -0.15) is 28.2 Å². The maximum absolute atomic E-state index is 12.9. The summed E-state index contributed by atoms with van der Waals surface area (Å²) in [5, 5.41) is 44.0. The number of halogens is 3. The molecule has 6 aromatic rings. The van der Waals surface area contributed by atoms with E-state index in [1.165, 1.54) is 11.1 Å². The standard InChI is InChI=1S/C39H46N12O3.C2HF3O2/c1-3-25-17-44-51(20-25)32-16-31(34(52)35(32)53)50-23-43-33-36(41-18-29(26-10-6-4-7-11-26)27-12-8-5-9-13-27)47-38(48-37(33)50)49-15-14-28(21-49)46-39(54)45-24(2)30-19-40-22-42-30;3-2(4,5)1(6)7/h4-13,17,19-20,22-24,28-29,31-32,34-35,52-53H,3,14-16,18,21H2,1-2H3,(H,40,42)(H,41,47,48)(H2,45,46,54);(H,6,7)/t24?,28-,31-,32+,34+,35-;/m1./s1. The number of aliphatic hydroxyl groups excluding tert-OH is 2. The van der Waals surface area contributed by atoms with Gasteiger partial charge in [0.2, 0.25) is 5.95 Å². The molecule has 0 bridgehead atoms. The Kier molecular flexibility index (Phi) is 12.8. The number of H-pyrrole nitrogens is 1. The largest absolute Gasteiger partial charge is 0.490 e. The maximum atomic E-state index is 12.9. The highest BCUT2D eigenvalue weighted by Gasteiger charge is 2.45. The minimum Gasteiger partial charge on any atom is -0.475 e.